The minimum absolute atomic E-state index is 0.228. The Bertz CT molecular complexity index is 634. The van der Waals surface area contributed by atoms with Crippen LogP contribution in [0.25, 0.3) is 11.4 Å². The van der Waals surface area contributed by atoms with Crippen molar-refractivity contribution in [3.05, 3.63) is 42.9 Å². The van der Waals surface area contributed by atoms with Crippen LogP contribution in [0.5, 0.6) is 0 Å². The number of halogens is 4. The molecule has 1 heterocycles. The fourth-order valence-corrected chi connectivity index (χ4v) is 2.87. The van der Waals surface area contributed by atoms with Gasteiger partial charge in [-0.1, -0.05) is 25.4 Å². The topological polar surface area (TPSA) is 25.8 Å². The lowest BCUT2D eigenvalue weighted by Gasteiger charge is -2.11. The van der Waals surface area contributed by atoms with E-state index in [1.54, 1.807) is 12.1 Å². The van der Waals surface area contributed by atoms with Crippen molar-refractivity contribution in [2.45, 2.75) is 19.8 Å². The number of benzene rings is 1. The average Bonchev–Trinajstić information content (AvgIpc) is 2.35. The van der Waals surface area contributed by atoms with E-state index in [0.717, 1.165) is 9.26 Å². The molecule has 2 nitrogen and oxygen atoms in total. The van der Waals surface area contributed by atoms with Crippen molar-refractivity contribution in [1.29, 1.82) is 0 Å². The quantitative estimate of drug-likeness (QED) is 0.446. The Morgan fingerprint density at radius 1 is 1.32 bits per heavy atom. The highest BCUT2D eigenvalue weighted by Crippen LogP contribution is 2.29. The van der Waals surface area contributed by atoms with Crippen LogP contribution in [-0.2, 0) is 0 Å². The van der Waals surface area contributed by atoms with Crippen LogP contribution < -0.4 is 0 Å². The summed E-state index contributed by atoms with van der Waals surface area (Å²) in [7, 11) is 0. The molecule has 19 heavy (non-hydrogen) atoms. The Labute approximate surface area is 138 Å². The molecule has 0 spiro atoms. The fraction of sp³-hybridized carbons (Fsp3) is 0.231. The Balaban J connectivity index is 2.59. The summed E-state index contributed by atoms with van der Waals surface area (Å²) in [5.74, 6) is 0.328. The van der Waals surface area contributed by atoms with Gasteiger partial charge in [-0.3, -0.25) is 0 Å². The summed E-state index contributed by atoms with van der Waals surface area (Å²) in [5.41, 5.74) is 1.49. The van der Waals surface area contributed by atoms with E-state index in [-0.39, 0.29) is 11.7 Å². The van der Waals surface area contributed by atoms with Gasteiger partial charge in [-0.25, -0.2) is 14.4 Å². The van der Waals surface area contributed by atoms with Crippen LogP contribution in [0.15, 0.2) is 22.7 Å². The van der Waals surface area contributed by atoms with Gasteiger partial charge in [0.05, 0.1) is 13.7 Å². The Morgan fingerprint density at radius 3 is 2.58 bits per heavy atom. The molecule has 0 radical (unpaired) electrons. The van der Waals surface area contributed by atoms with Gasteiger partial charge in [0.2, 0.25) is 0 Å². The van der Waals surface area contributed by atoms with Crippen LogP contribution in [-0.4, -0.2) is 9.97 Å². The average molecular weight is 455 g/mol. The van der Waals surface area contributed by atoms with Gasteiger partial charge in [0.15, 0.2) is 5.82 Å². The molecule has 2 aromatic rings. The summed E-state index contributed by atoms with van der Waals surface area (Å²) in [6.45, 7) is 4.07. The van der Waals surface area contributed by atoms with Crippen molar-refractivity contribution in [3.63, 3.8) is 0 Å². The fourth-order valence-electron chi connectivity index (χ4n) is 1.58. The van der Waals surface area contributed by atoms with E-state index in [4.69, 9.17) is 11.6 Å². The maximum absolute atomic E-state index is 13.6. The van der Waals surface area contributed by atoms with Crippen LogP contribution in [0.2, 0.25) is 5.15 Å². The lowest BCUT2D eigenvalue weighted by molar-refractivity contribution is 0.621. The van der Waals surface area contributed by atoms with Crippen LogP contribution in [0.3, 0.4) is 0 Å². The normalized spacial score (nSPS) is 11.1. The molecule has 0 aliphatic heterocycles. The summed E-state index contributed by atoms with van der Waals surface area (Å²) < 4.78 is 14.8. The van der Waals surface area contributed by atoms with E-state index in [2.05, 4.69) is 48.5 Å². The highest BCUT2D eigenvalue weighted by Gasteiger charge is 2.15. The maximum atomic E-state index is 13.6. The summed E-state index contributed by atoms with van der Waals surface area (Å²) in [4.78, 5) is 8.71. The highest BCUT2D eigenvalue weighted by molar-refractivity contribution is 14.1. The molecule has 1 aromatic heterocycles. The van der Waals surface area contributed by atoms with Crippen molar-refractivity contribution < 1.29 is 4.39 Å². The van der Waals surface area contributed by atoms with E-state index in [0.29, 0.717) is 21.0 Å². The molecule has 0 unspecified atom stereocenters. The summed E-state index contributed by atoms with van der Waals surface area (Å²) in [5, 5.41) is 0.401. The third-order valence-corrected chi connectivity index (χ3v) is 4.86. The minimum Gasteiger partial charge on any atom is -0.232 e. The zero-order valence-corrected chi connectivity index (χ0v) is 14.7. The van der Waals surface area contributed by atoms with Crippen molar-refractivity contribution in [3.8, 4) is 11.4 Å². The number of hydrogen-bond acceptors (Lipinski definition) is 2. The van der Waals surface area contributed by atoms with Crippen LogP contribution in [0.1, 0.15) is 25.5 Å². The smallest absolute Gasteiger partial charge is 0.161 e. The van der Waals surface area contributed by atoms with E-state index >= 15 is 0 Å². The van der Waals surface area contributed by atoms with Crippen molar-refractivity contribution in [2.75, 3.05) is 0 Å². The molecule has 0 aliphatic rings. The molecule has 0 bridgehead atoms. The van der Waals surface area contributed by atoms with Gasteiger partial charge in [-0.05, 0) is 62.6 Å². The number of rotatable bonds is 2. The highest BCUT2D eigenvalue weighted by atomic mass is 127. The Kier molecular flexibility index (Phi) is 4.79. The summed E-state index contributed by atoms with van der Waals surface area (Å²) >= 11 is 11.4. The van der Waals surface area contributed by atoms with Crippen molar-refractivity contribution in [2.24, 2.45) is 0 Å². The van der Waals surface area contributed by atoms with E-state index < -0.39 is 0 Å². The first-order valence-corrected chi connectivity index (χ1v) is 7.83. The first kappa shape index (κ1) is 15.1. The number of aromatic nitrogens is 2. The molecule has 0 fully saturated rings. The van der Waals surface area contributed by atoms with Gasteiger partial charge in [-0.2, -0.15) is 0 Å². The Morgan fingerprint density at radius 2 is 2.00 bits per heavy atom. The first-order chi connectivity index (χ1) is 8.90. The molecule has 0 saturated carbocycles. The van der Waals surface area contributed by atoms with E-state index in [1.165, 1.54) is 6.07 Å². The third kappa shape index (κ3) is 3.25. The second kappa shape index (κ2) is 6.01. The summed E-state index contributed by atoms with van der Waals surface area (Å²) in [6.07, 6.45) is 0. The van der Waals surface area contributed by atoms with Gasteiger partial charge in [-0.15, -0.1) is 0 Å². The molecule has 0 amide bonds. The van der Waals surface area contributed by atoms with Gasteiger partial charge in [0.25, 0.3) is 0 Å². The molecule has 0 atom stereocenters. The predicted octanol–water partition coefficient (Wildman–Crippen LogP) is 5.43. The lowest BCUT2D eigenvalue weighted by atomic mass is 10.1. The van der Waals surface area contributed by atoms with Crippen LogP contribution in [0, 0.1) is 9.39 Å². The molecule has 1 aromatic carbocycles. The minimum atomic E-state index is -0.345. The molecule has 0 aliphatic carbocycles. The lowest BCUT2D eigenvalue weighted by Crippen LogP contribution is -2.02. The molecular formula is C13H10BrClFIN2. The number of hydrogen-bond donors (Lipinski definition) is 0. The van der Waals surface area contributed by atoms with E-state index in [9.17, 15) is 4.39 Å². The van der Waals surface area contributed by atoms with E-state index in [1.807, 2.05) is 13.8 Å². The Hall–Kier alpha value is -0.270. The predicted molar refractivity (Wildman–Crippen MR) is 86.9 cm³/mol. The third-order valence-electron chi connectivity index (χ3n) is 2.56. The van der Waals surface area contributed by atoms with Crippen molar-refractivity contribution in [1.82, 2.24) is 9.97 Å². The SMILES string of the molecule is CC(C)c1nc(-c2ccc(Br)c(F)c2)nc(Cl)c1I. The van der Waals surface area contributed by atoms with Gasteiger partial charge < -0.3 is 0 Å². The molecule has 6 heteroatoms. The monoisotopic (exact) mass is 454 g/mol. The second-order valence-corrected chi connectivity index (χ2v) is 6.61. The summed E-state index contributed by atoms with van der Waals surface area (Å²) in [6, 6.07) is 4.79. The van der Waals surface area contributed by atoms with Crippen molar-refractivity contribution >= 4 is 50.1 Å². The van der Waals surface area contributed by atoms with Gasteiger partial charge in [0, 0.05) is 5.56 Å². The van der Waals surface area contributed by atoms with Gasteiger partial charge >= 0.3 is 0 Å². The molecular weight excluding hydrogens is 445 g/mol. The standard InChI is InChI=1S/C13H10BrClFIN2/c1-6(2)11-10(17)12(15)19-13(18-11)7-3-4-8(14)9(16)5-7/h3-6H,1-2H3. The van der Waals surface area contributed by atoms with Crippen LogP contribution in [0.4, 0.5) is 4.39 Å². The zero-order valence-electron chi connectivity index (χ0n) is 10.2. The van der Waals surface area contributed by atoms with Crippen LogP contribution >= 0.6 is 50.1 Å². The molecule has 0 saturated heterocycles. The number of nitrogens with zero attached hydrogens (tertiary/aromatic N) is 2. The second-order valence-electron chi connectivity index (χ2n) is 4.32. The van der Waals surface area contributed by atoms with Gasteiger partial charge in [0.1, 0.15) is 11.0 Å². The maximum Gasteiger partial charge on any atom is 0.161 e. The molecule has 2 rings (SSSR count). The largest absolute Gasteiger partial charge is 0.232 e. The first-order valence-electron chi connectivity index (χ1n) is 5.58. The molecule has 0 N–H and O–H groups in total. The molecule has 100 valence electrons. The zero-order chi connectivity index (χ0) is 14.2.